The molecule has 0 amide bonds. The Morgan fingerprint density at radius 2 is 2.41 bits per heavy atom. The molecule has 96 valence electrons. The first-order valence-electron chi connectivity index (χ1n) is 6.58. The molecule has 3 nitrogen and oxygen atoms in total. The van der Waals surface area contributed by atoms with E-state index >= 15 is 0 Å². The molecule has 2 heterocycles. The van der Waals surface area contributed by atoms with Gasteiger partial charge in [0.1, 0.15) is 0 Å². The van der Waals surface area contributed by atoms with Crippen LogP contribution >= 0.6 is 11.3 Å². The van der Waals surface area contributed by atoms with Crippen LogP contribution in [0, 0.1) is 0 Å². The van der Waals surface area contributed by atoms with Gasteiger partial charge in [-0.15, -0.1) is 11.3 Å². The van der Waals surface area contributed by atoms with Gasteiger partial charge in [-0.1, -0.05) is 6.42 Å². The van der Waals surface area contributed by atoms with Crippen molar-refractivity contribution in [3.8, 4) is 0 Å². The summed E-state index contributed by atoms with van der Waals surface area (Å²) in [5.41, 5.74) is 0. The minimum atomic E-state index is 0.715. The summed E-state index contributed by atoms with van der Waals surface area (Å²) in [4.78, 5) is 8.47. The van der Waals surface area contributed by atoms with E-state index in [0.29, 0.717) is 6.04 Å². The molecule has 4 heteroatoms. The third-order valence-corrected chi connectivity index (χ3v) is 4.63. The lowest BCUT2D eigenvalue weighted by atomic mass is 10.0. The standard InChI is InChI=1S/C13H23N3S/c1-14-7-6-12-10-15-13(17-12)9-11-5-3-4-8-16(11)2/h10-11,14H,3-9H2,1-2H3. The van der Waals surface area contributed by atoms with Crippen molar-refractivity contribution < 1.29 is 0 Å². The fraction of sp³-hybridized carbons (Fsp3) is 0.769. The molecule has 1 fully saturated rings. The summed E-state index contributed by atoms with van der Waals surface area (Å²) >= 11 is 1.89. The summed E-state index contributed by atoms with van der Waals surface area (Å²) in [5.74, 6) is 0. The topological polar surface area (TPSA) is 28.2 Å². The minimum Gasteiger partial charge on any atom is -0.319 e. The lowest BCUT2D eigenvalue weighted by Crippen LogP contribution is -2.37. The van der Waals surface area contributed by atoms with Crippen molar-refractivity contribution in [3.05, 3.63) is 16.1 Å². The molecule has 0 spiro atoms. The van der Waals surface area contributed by atoms with Gasteiger partial charge in [-0.2, -0.15) is 0 Å². The third-order valence-electron chi connectivity index (χ3n) is 3.55. The highest BCUT2D eigenvalue weighted by molar-refractivity contribution is 7.11. The number of rotatable bonds is 5. The molecule has 0 saturated carbocycles. The van der Waals surface area contributed by atoms with Crippen molar-refractivity contribution in [2.45, 2.75) is 38.1 Å². The summed E-state index contributed by atoms with van der Waals surface area (Å²) in [5, 5.41) is 4.50. The maximum Gasteiger partial charge on any atom is 0.0943 e. The number of piperidine rings is 1. The molecule has 0 aliphatic carbocycles. The normalized spacial score (nSPS) is 21.9. The predicted octanol–water partition coefficient (Wildman–Crippen LogP) is 1.93. The highest BCUT2D eigenvalue weighted by Gasteiger charge is 2.20. The Balaban J connectivity index is 1.87. The Morgan fingerprint density at radius 1 is 1.53 bits per heavy atom. The van der Waals surface area contributed by atoms with Crippen molar-refractivity contribution in [2.75, 3.05) is 27.2 Å². The largest absolute Gasteiger partial charge is 0.319 e. The van der Waals surface area contributed by atoms with Crippen LogP contribution in [0.4, 0.5) is 0 Å². The Kier molecular flexibility index (Phi) is 4.95. The Morgan fingerprint density at radius 3 is 3.18 bits per heavy atom. The second-order valence-electron chi connectivity index (χ2n) is 4.91. The van der Waals surface area contributed by atoms with E-state index in [0.717, 1.165) is 19.4 Å². The monoisotopic (exact) mass is 253 g/mol. The van der Waals surface area contributed by atoms with Crippen LogP contribution in [0.5, 0.6) is 0 Å². The fourth-order valence-electron chi connectivity index (χ4n) is 2.41. The van der Waals surface area contributed by atoms with Gasteiger partial charge in [0.25, 0.3) is 0 Å². The van der Waals surface area contributed by atoms with Gasteiger partial charge in [0.05, 0.1) is 5.01 Å². The molecule has 0 radical (unpaired) electrons. The zero-order valence-electron chi connectivity index (χ0n) is 10.9. The first-order valence-corrected chi connectivity index (χ1v) is 7.39. The van der Waals surface area contributed by atoms with Crippen LogP contribution in [0.25, 0.3) is 0 Å². The summed E-state index contributed by atoms with van der Waals surface area (Å²) in [7, 11) is 4.25. The van der Waals surface area contributed by atoms with Gasteiger partial charge < -0.3 is 10.2 Å². The molecule has 1 aromatic heterocycles. The van der Waals surface area contributed by atoms with E-state index in [1.54, 1.807) is 0 Å². The van der Waals surface area contributed by atoms with E-state index < -0.39 is 0 Å². The number of hydrogen-bond acceptors (Lipinski definition) is 4. The maximum absolute atomic E-state index is 4.56. The first-order chi connectivity index (χ1) is 8.29. The molecule has 0 bridgehead atoms. The number of nitrogens with zero attached hydrogens (tertiary/aromatic N) is 2. The van der Waals surface area contributed by atoms with Gasteiger partial charge in [0.15, 0.2) is 0 Å². The number of nitrogens with one attached hydrogen (secondary N) is 1. The second kappa shape index (κ2) is 6.47. The molecule has 1 N–H and O–H groups in total. The van der Waals surface area contributed by atoms with Crippen molar-refractivity contribution in [1.82, 2.24) is 15.2 Å². The fourth-order valence-corrected chi connectivity index (χ4v) is 3.40. The quantitative estimate of drug-likeness (QED) is 0.869. The summed E-state index contributed by atoms with van der Waals surface area (Å²) in [6.45, 7) is 2.30. The molecular weight excluding hydrogens is 230 g/mol. The second-order valence-corrected chi connectivity index (χ2v) is 6.11. The SMILES string of the molecule is CNCCc1cnc(CC2CCCCN2C)s1. The van der Waals surface area contributed by atoms with Crippen LogP contribution in [-0.4, -0.2) is 43.1 Å². The van der Waals surface area contributed by atoms with E-state index in [-0.39, 0.29) is 0 Å². The van der Waals surface area contributed by atoms with Gasteiger partial charge in [-0.3, -0.25) is 0 Å². The molecule has 1 aliphatic heterocycles. The zero-order chi connectivity index (χ0) is 12.1. The molecular formula is C13H23N3S. The van der Waals surface area contributed by atoms with Gasteiger partial charge in [0.2, 0.25) is 0 Å². The molecule has 1 unspecified atom stereocenters. The average Bonchev–Trinajstić information content (AvgIpc) is 2.77. The van der Waals surface area contributed by atoms with Crippen LogP contribution in [0.15, 0.2) is 6.20 Å². The molecule has 1 aliphatic rings. The average molecular weight is 253 g/mol. The van der Waals surface area contributed by atoms with E-state index in [9.17, 15) is 0 Å². The van der Waals surface area contributed by atoms with Crippen LogP contribution in [0.2, 0.25) is 0 Å². The van der Waals surface area contributed by atoms with Gasteiger partial charge in [0, 0.05) is 23.5 Å². The zero-order valence-corrected chi connectivity index (χ0v) is 11.7. The molecule has 17 heavy (non-hydrogen) atoms. The number of hydrogen-bond donors (Lipinski definition) is 1. The van der Waals surface area contributed by atoms with Gasteiger partial charge in [-0.25, -0.2) is 4.98 Å². The lowest BCUT2D eigenvalue weighted by Gasteiger charge is -2.31. The number of thiazole rings is 1. The molecule has 0 aromatic carbocycles. The number of likely N-dealkylation sites (N-methyl/N-ethyl adjacent to an activating group) is 2. The molecule has 2 rings (SSSR count). The number of aromatic nitrogens is 1. The molecule has 1 aromatic rings. The van der Waals surface area contributed by atoms with Crippen LogP contribution in [0.1, 0.15) is 29.1 Å². The van der Waals surface area contributed by atoms with Crippen molar-refractivity contribution in [2.24, 2.45) is 0 Å². The Hall–Kier alpha value is -0.450. The van der Waals surface area contributed by atoms with Gasteiger partial charge in [-0.05, 0) is 46.4 Å². The summed E-state index contributed by atoms with van der Waals surface area (Å²) in [6.07, 6.45) is 8.38. The van der Waals surface area contributed by atoms with Crippen LogP contribution in [-0.2, 0) is 12.8 Å². The Bertz CT molecular complexity index is 337. The van der Waals surface area contributed by atoms with Crippen LogP contribution in [0.3, 0.4) is 0 Å². The lowest BCUT2D eigenvalue weighted by molar-refractivity contribution is 0.184. The third kappa shape index (κ3) is 3.76. The summed E-state index contributed by atoms with van der Waals surface area (Å²) in [6, 6.07) is 0.715. The minimum absolute atomic E-state index is 0.715. The van der Waals surface area contributed by atoms with Gasteiger partial charge >= 0.3 is 0 Å². The Labute approximate surface area is 108 Å². The highest BCUT2D eigenvalue weighted by Crippen LogP contribution is 2.22. The van der Waals surface area contributed by atoms with Crippen molar-refractivity contribution in [3.63, 3.8) is 0 Å². The number of likely N-dealkylation sites (tertiary alicyclic amines) is 1. The molecule has 1 saturated heterocycles. The summed E-state index contributed by atoms with van der Waals surface area (Å²) < 4.78 is 0. The van der Waals surface area contributed by atoms with E-state index in [2.05, 4.69) is 28.4 Å². The van der Waals surface area contributed by atoms with Crippen molar-refractivity contribution in [1.29, 1.82) is 0 Å². The highest BCUT2D eigenvalue weighted by atomic mass is 32.1. The van der Waals surface area contributed by atoms with E-state index in [4.69, 9.17) is 0 Å². The van der Waals surface area contributed by atoms with Crippen LogP contribution < -0.4 is 5.32 Å². The smallest absolute Gasteiger partial charge is 0.0943 e. The maximum atomic E-state index is 4.56. The molecule has 1 atom stereocenters. The first kappa shape index (κ1) is 13.0. The van der Waals surface area contributed by atoms with E-state index in [1.807, 2.05) is 18.4 Å². The van der Waals surface area contributed by atoms with E-state index in [1.165, 1.54) is 35.7 Å². The van der Waals surface area contributed by atoms with Crippen molar-refractivity contribution >= 4 is 11.3 Å². The predicted molar refractivity (Wildman–Crippen MR) is 73.7 cm³/mol.